The van der Waals surface area contributed by atoms with E-state index in [1.165, 1.54) is 0 Å². The first-order chi connectivity index (χ1) is 13.1. The van der Waals surface area contributed by atoms with Crippen molar-refractivity contribution in [3.05, 3.63) is 45.4 Å². The highest BCUT2D eigenvalue weighted by atomic mass is 16.2. The zero-order chi connectivity index (χ0) is 18.6. The van der Waals surface area contributed by atoms with Gasteiger partial charge in [0.25, 0.3) is 11.5 Å². The van der Waals surface area contributed by atoms with Gasteiger partial charge in [-0.15, -0.1) is 0 Å². The zero-order valence-corrected chi connectivity index (χ0v) is 15.7. The normalized spacial score (nSPS) is 24.4. The van der Waals surface area contributed by atoms with Gasteiger partial charge in [0, 0.05) is 42.7 Å². The number of carbonyl (C=O) groups excluding carboxylic acids is 1. The third kappa shape index (κ3) is 2.71. The van der Waals surface area contributed by atoms with Gasteiger partial charge >= 0.3 is 0 Å². The molecule has 1 aliphatic heterocycles. The Labute approximate surface area is 157 Å². The van der Waals surface area contributed by atoms with E-state index >= 15 is 0 Å². The molecule has 1 unspecified atom stereocenters. The molecule has 3 aliphatic rings. The first kappa shape index (κ1) is 16.7. The standard InChI is InChI=1S/C20H25N5O2/c1-2-25-11-7-15(23-25)19(27)24-10-3-8-20(12-24)9-6-14-16(20)21-17(13-4-5-13)22-18(14)26/h7,11,13H,2-6,8-10,12H2,1H3,(H,21,22,26). The van der Waals surface area contributed by atoms with Crippen molar-refractivity contribution < 1.29 is 4.79 Å². The SMILES string of the molecule is CCn1ccc(C(=O)N2CCCC3(CCc4c3nc(C3CC3)[nH]c4=O)C2)n1. The van der Waals surface area contributed by atoms with Crippen molar-refractivity contribution in [2.24, 2.45) is 0 Å². The molecule has 7 nitrogen and oxygen atoms in total. The molecule has 1 amide bonds. The summed E-state index contributed by atoms with van der Waals surface area (Å²) in [6.07, 6.45) is 7.66. The van der Waals surface area contributed by atoms with Crippen LogP contribution >= 0.6 is 0 Å². The van der Waals surface area contributed by atoms with Crippen molar-refractivity contribution in [3.63, 3.8) is 0 Å². The van der Waals surface area contributed by atoms with Crippen LogP contribution in [-0.2, 0) is 18.4 Å². The molecule has 1 saturated heterocycles. The molecule has 0 radical (unpaired) electrons. The van der Waals surface area contributed by atoms with Crippen LogP contribution in [0, 0.1) is 0 Å². The fraction of sp³-hybridized carbons (Fsp3) is 0.600. The number of nitrogens with zero attached hydrogens (tertiary/aromatic N) is 4. The van der Waals surface area contributed by atoms with Crippen LogP contribution in [-0.4, -0.2) is 43.6 Å². The second-order valence-electron chi connectivity index (χ2n) is 8.22. The van der Waals surface area contributed by atoms with E-state index in [1.54, 1.807) is 10.7 Å². The molecule has 2 fully saturated rings. The molecular weight excluding hydrogens is 342 g/mol. The number of nitrogens with one attached hydrogen (secondary N) is 1. The summed E-state index contributed by atoms with van der Waals surface area (Å²) in [6.45, 7) is 4.14. The quantitative estimate of drug-likeness (QED) is 0.899. The van der Waals surface area contributed by atoms with E-state index in [0.29, 0.717) is 18.2 Å². The number of rotatable bonds is 3. The van der Waals surface area contributed by atoms with Crippen molar-refractivity contribution in [2.45, 2.75) is 63.3 Å². The number of likely N-dealkylation sites (tertiary alicyclic amines) is 1. The van der Waals surface area contributed by atoms with Gasteiger partial charge in [-0.1, -0.05) is 0 Å². The van der Waals surface area contributed by atoms with Gasteiger partial charge in [0.2, 0.25) is 0 Å². The largest absolute Gasteiger partial charge is 0.336 e. The number of carbonyl (C=O) groups is 1. The number of aryl methyl sites for hydroxylation is 1. The summed E-state index contributed by atoms with van der Waals surface area (Å²) in [7, 11) is 0. The Morgan fingerprint density at radius 2 is 2.22 bits per heavy atom. The van der Waals surface area contributed by atoms with Gasteiger partial charge in [-0.05, 0) is 51.5 Å². The summed E-state index contributed by atoms with van der Waals surface area (Å²) in [6, 6.07) is 1.80. The van der Waals surface area contributed by atoms with Crippen LogP contribution in [0.5, 0.6) is 0 Å². The Hall–Kier alpha value is -2.44. The molecule has 2 aromatic rings. The highest BCUT2D eigenvalue weighted by Gasteiger charge is 2.46. The van der Waals surface area contributed by atoms with E-state index in [-0.39, 0.29) is 16.9 Å². The van der Waals surface area contributed by atoms with Crippen molar-refractivity contribution in [3.8, 4) is 0 Å². The molecule has 7 heteroatoms. The summed E-state index contributed by atoms with van der Waals surface area (Å²) >= 11 is 0. The third-order valence-corrected chi connectivity index (χ3v) is 6.40. The van der Waals surface area contributed by atoms with Crippen LogP contribution in [0.1, 0.15) is 72.5 Å². The van der Waals surface area contributed by atoms with Crippen molar-refractivity contribution >= 4 is 5.91 Å². The van der Waals surface area contributed by atoms with Crippen LogP contribution in [0.15, 0.2) is 17.1 Å². The second kappa shape index (κ2) is 6.04. The lowest BCUT2D eigenvalue weighted by molar-refractivity contribution is 0.0626. The monoisotopic (exact) mass is 367 g/mol. The van der Waals surface area contributed by atoms with E-state index in [1.807, 2.05) is 18.0 Å². The maximum absolute atomic E-state index is 13.0. The minimum absolute atomic E-state index is 0.0121. The maximum Gasteiger partial charge on any atom is 0.274 e. The molecule has 27 heavy (non-hydrogen) atoms. The first-order valence-corrected chi connectivity index (χ1v) is 10.1. The lowest BCUT2D eigenvalue weighted by atomic mass is 9.77. The number of piperidine rings is 1. The average molecular weight is 367 g/mol. The highest BCUT2D eigenvalue weighted by molar-refractivity contribution is 5.92. The molecule has 142 valence electrons. The topological polar surface area (TPSA) is 83.9 Å². The molecule has 1 spiro atoms. The molecule has 1 saturated carbocycles. The number of amides is 1. The van der Waals surface area contributed by atoms with Gasteiger partial charge in [0.15, 0.2) is 0 Å². The predicted octanol–water partition coefficient (Wildman–Crippen LogP) is 1.98. The van der Waals surface area contributed by atoms with Crippen LogP contribution in [0.3, 0.4) is 0 Å². The van der Waals surface area contributed by atoms with Crippen LogP contribution in [0.2, 0.25) is 0 Å². The number of aromatic nitrogens is 4. The van der Waals surface area contributed by atoms with E-state index in [0.717, 1.165) is 68.7 Å². The predicted molar refractivity (Wildman–Crippen MR) is 99.9 cm³/mol. The Kier molecular flexibility index (Phi) is 3.74. The van der Waals surface area contributed by atoms with E-state index in [4.69, 9.17) is 4.98 Å². The zero-order valence-electron chi connectivity index (χ0n) is 15.7. The van der Waals surface area contributed by atoms with Gasteiger partial charge in [-0.25, -0.2) is 4.98 Å². The number of hydrogen-bond donors (Lipinski definition) is 1. The van der Waals surface area contributed by atoms with E-state index in [9.17, 15) is 9.59 Å². The van der Waals surface area contributed by atoms with Gasteiger partial charge < -0.3 is 9.88 Å². The molecule has 5 rings (SSSR count). The average Bonchev–Trinajstić information content (AvgIpc) is 3.33. The molecule has 1 atom stereocenters. The first-order valence-electron chi connectivity index (χ1n) is 10.1. The third-order valence-electron chi connectivity index (χ3n) is 6.40. The summed E-state index contributed by atoms with van der Waals surface area (Å²) in [5.41, 5.74) is 2.16. The summed E-state index contributed by atoms with van der Waals surface area (Å²) < 4.78 is 1.78. The van der Waals surface area contributed by atoms with Gasteiger partial charge in [0.1, 0.15) is 11.5 Å². The molecule has 0 aromatic carbocycles. The van der Waals surface area contributed by atoms with E-state index in [2.05, 4.69) is 10.1 Å². The lowest BCUT2D eigenvalue weighted by Gasteiger charge is -2.40. The van der Waals surface area contributed by atoms with Crippen molar-refractivity contribution in [1.29, 1.82) is 0 Å². The summed E-state index contributed by atoms with van der Waals surface area (Å²) in [5, 5.41) is 4.38. The van der Waals surface area contributed by atoms with Crippen LogP contribution < -0.4 is 5.56 Å². The second-order valence-corrected chi connectivity index (χ2v) is 8.22. The molecule has 0 bridgehead atoms. The van der Waals surface area contributed by atoms with Crippen molar-refractivity contribution in [2.75, 3.05) is 13.1 Å². The Morgan fingerprint density at radius 1 is 1.37 bits per heavy atom. The fourth-order valence-corrected chi connectivity index (χ4v) is 4.73. The molecule has 2 aliphatic carbocycles. The smallest absolute Gasteiger partial charge is 0.274 e. The molecule has 3 heterocycles. The van der Waals surface area contributed by atoms with Crippen LogP contribution in [0.25, 0.3) is 0 Å². The fourth-order valence-electron chi connectivity index (χ4n) is 4.73. The highest BCUT2D eigenvalue weighted by Crippen LogP contribution is 2.45. The van der Waals surface area contributed by atoms with Crippen molar-refractivity contribution in [1.82, 2.24) is 24.6 Å². The summed E-state index contributed by atoms with van der Waals surface area (Å²) in [4.78, 5) is 35.4. The Bertz CT molecular complexity index is 958. The Balaban J connectivity index is 1.46. The molecule has 2 aromatic heterocycles. The minimum Gasteiger partial charge on any atom is -0.336 e. The van der Waals surface area contributed by atoms with E-state index < -0.39 is 0 Å². The number of hydrogen-bond acceptors (Lipinski definition) is 4. The lowest BCUT2D eigenvalue weighted by Crippen LogP contribution is -2.48. The Morgan fingerprint density at radius 3 is 2.96 bits per heavy atom. The number of fused-ring (bicyclic) bond motifs is 2. The van der Waals surface area contributed by atoms with Gasteiger partial charge in [-0.3, -0.25) is 14.3 Å². The van der Waals surface area contributed by atoms with Crippen LogP contribution in [0.4, 0.5) is 0 Å². The van der Waals surface area contributed by atoms with Gasteiger partial charge in [-0.2, -0.15) is 5.10 Å². The summed E-state index contributed by atoms with van der Waals surface area (Å²) in [5.74, 6) is 1.26. The molecule has 1 N–H and O–H groups in total. The number of H-pyrrole nitrogens is 1. The minimum atomic E-state index is -0.172. The molecular formula is C20H25N5O2. The number of aromatic amines is 1. The maximum atomic E-state index is 13.0. The van der Waals surface area contributed by atoms with Gasteiger partial charge in [0.05, 0.1) is 5.69 Å².